The summed E-state index contributed by atoms with van der Waals surface area (Å²) in [6.45, 7) is 0.719. The lowest BCUT2D eigenvalue weighted by Crippen LogP contribution is -2.27. The van der Waals surface area contributed by atoms with Crippen LogP contribution in [0.25, 0.3) is 11.1 Å². The molecule has 5 rings (SSSR count). The summed E-state index contributed by atoms with van der Waals surface area (Å²) in [5.74, 6) is 0.948. The highest BCUT2D eigenvalue weighted by Gasteiger charge is 2.51. The molecule has 3 aromatic rings. The van der Waals surface area contributed by atoms with Gasteiger partial charge in [0, 0.05) is 19.2 Å². The zero-order valence-electron chi connectivity index (χ0n) is 17.3. The van der Waals surface area contributed by atoms with Gasteiger partial charge < -0.3 is 14.6 Å². The fourth-order valence-corrected chi connectivity index (χ4v) is 4.77. The molecule has 0 spiro atoms. The third kappa shape index (κ3) is 3.82. The first kappa shape index (κ1) is 20.1. The minimum Gasteiger partial charge on any atom is -0.593 e. The highest BCUT2D eigenvalue weighted by molar-refractivity contribution is 7.89. The van der Waals surface area contributed by atoms with Gasteiger partial charge >= 0.3 is 0 Å². The summed E-state index contributed by atoms with van der Waals surface area (Å²) in [6.07, 6.45) is 2.64. The molecule has 5 nitrogen and oxygen atoms in total. The first-order valence-corrected chi connectivity index (χ1v) is 11.6. The number of amides is 1. The van der Waals surface area contributed by atoms with Crippen molar-refractivity contribution >= 4 is 23.0 Å². The molecule has 158 valence electrons. The third-order valence-electron chi connectivity index (χ3n) is 6.14. The van der Waals surface area contributed by atoms with Crippen LogP contribution in [0.4, 0.5) is 5.69 Å². The summed E-state index contributed by atoms with van der Waals surface area (Å²) in [5, 5.41) is 3.12. The number of carbonyl (C=O) groups excluding carboxylic acids is 1. The number of fused-ring (bicyclic) bond motifs is 1. The maximum Gasteiger partial charge on any atom is 0.235 e. The first-order valence-electron chi connectivity index (χ1n) is 10.5. The number of benzene rings is 3. The lowest BCUT2D eigenvalue weighted by molar-refractivity contribution is -0.118. The van der Waals surface area contributed by atoms with Crippen LogP contribution in [-0.4, -0.2) is 24.1 Å². The number of rotatable bonds is 6. The van der Waals surface area contributed by atoms with Gasteiger partial charge in [-0.1, -0.05) is 24.3 Å². The van der Waals surface area contributed by atoms with Crippen molar-refractivity contribution in [2.24, 2.45) is 0 Å². The Hall–Kier alpha value is -2.80. The molecule has 0 saturated heterocycles. The van der Waals surface area contributed by atoms with Crippen molar-refractivity contribution < 1.29 is 14.1 Å². The molecule has 1 aliphatic carbocycles. The van der Waals surface area contributed by atoms with Crippen LogP contribution in [0, 0.1) is 0 Å². The lowest BCUT2D eigenvalue weighted by atomic mass is 9.93. The molecule has 0 bridgehead atoms. The maximum atomic E-state index is 13.2. The Bertz CT molecular complexity index is 1130. The molecular weight excluding hydrogens is 408 g/mol. The van der Waals surface area contributed by atoms with Crippen LogP contribution >= 0.6 is 0 Å². The SMILES string of the molecule is CN[S+]([O-])c1ccc(-c2cccc(NC(=O)C3(c4ccc5c(c4)OCC5)CC3)c2)cc1. The minimum atomic E-state index is -1.20. The van der Waals surface area contributed by atoms with E-state index in [1.165, 1.54) is 5.56 Å². The van der Waals surface area contributed by atoms with Gasteiger partial charge in [-0.2, -0.15) is 0 Å². The third-order valence-corrected chi connectivity index (χ3v) is 7.21. The molecule has 2 N–H and O–H groups in total. The predicted molar refractivity (Wildman–Crippen MR) is 123 cm³/mol. The van der Waals surface area contributed by atoms with Crippen LogP contribution in [0.3, 0.4) is 0 Å². The van der Waals surface area contributed by atoms with E-state index in [1.807, 2.05) is 54.6 Å². The van der Waals surface area contributed by atoms with Crippen LogP contribution in [-0.2, 0) is 28.0 Å². The molecule has 3 aromatic carbocycles. The van der Waals surface area contributed by atoms with E-state index in [4.69, 9.17) is 4.74 Å². The van der Waals surface area contributed by atoms with Crippen molar-refractivity contribution in [3.05, 3.63) is 77.9 Å². The molecule has 1 atom stereocenters. The molecule has 1 heterocycles. The van der Waals surface area contributed by atoms with Crippen LogP contribution in [0.2, 0.25) is 0 Å². The van der Waals surface area contributed by atoms with Crippen molar-refractivity contribution in [3.63, 3.8) is 0 Å². The number of anilines is 1. The minimum absolute atomic E-state index is 0.0300. The molecule has 1 aliphatic heterocycles. The molecule has 1 unspecified atom stereocenters. The smallest absolute Gasteiger partial charge is 0.235 e. The average molecular weight is 433 g/mol. The van der Waals surface area contributed by atoms with Gasteiger partial charge in [0.25, 0.3) is 0 Å². The molecule has 1 saturated carbocycles. The Labute approximate surface area is 185 Å². The average Bonchev–Trinajstić information content (AvgIpc) is 3.49. The van der Waals surface area contributed by atoms with Crippen LogP contribution < -0.4 is 14.8 Å². The predicted octanol–water partition coefficient (Wildman–Crippen LogP) is 4.20. The van der Waals surface area contributed by atoms with Crippen molar-refractivity contribution in [2.45, 2.75) is 29.6 Å². The van der Waals surface area contributed by atoms with E-state index in [2.05, 4.69) is 22.2 Å². The fraction of sp³-hybridized carbons (Fsp3) is 0.240. The number of nitrogens with one attached hydrogen (secondary N) is 2. The monoisotopic (exact) mass is 432 g/mol. The van der Waals surface area contributed by atoms with Crippen LogP contribution in [0.15, 0.2) is 71.6 Å². The van der Waals surface area contributed by atoms with Gasteiger partial charge in [-0.05, 0) is 77.6 Å². The lowest BCUT2D eigenvalue weighted by Gasteiger charge is -2.17. The summed E-state index contributed by atoms with van der Waals surface area (Å²) in [5.41, 5.74) is 4.57. The van der Waals surface area contributed by atoms with Crippen molar-refractivity contribution in [1.82, 2.24) is 4.72 Å². The quantitative estimate of drug-likeness (QED) is 0.573. The van der Waals surface area contributed by atoms with Crippen molar-refractivity contribution in [1.29, 1.82) is 0 Å². The second-order valence-corrected chi connectivity index (χ2v) is 9.45. The second-order valence-electron chi connectivity index (χ2n) is 8.04. The van der Waals surface area contributed by atoms with Crippen LogP contribution in [0.5, 0.6) is 5.75 Å². The van der Waals surface area contributed by atoms with Gasteiger partial charge in [0.15, 0.2) is 4.90 Å². The Morgan fingerprint density at radius 2 is 1.84 bits per heavy atom. The van der Waals surface area contributed by atoms with E-state index >= 15 is 0 Å². The van der Waals surface area contributed by atoms with E-state index in [0.717, 1.165) is 58.9 Å². The van der Waals surface area contributed by atoms with Gasteiger partial charge in [0.05, 0.1) is 23.4 Å². The molecule has 1 amide bonds. The van der Waals surface area contributed by atoms with E-state index in [1.54, 1.807) is 7.05 Å². The molecule has 1 fully saturated rings. The molecule has 0 radical (unpaired) electrons. The number of hydrogen-bond acceptors (Lipinski definition) is 4. The van der Waals surface area contributed by atoms with E-state index in [0.29, 0.717) is 0 Å². The largest absolute Gasteiger partial charge is 0.593 e. The van der Waals surface area contributed by atoms with Gasteiger partial charge in [-0.25, -0.2) is 0 Å². The van der Waals surface area contributed by atoms with E-state index < -0.39 is 16.8 Å². The van der Waals surface area contributed by atoms with Gasteiger partial charge in [-0.15, -0.1) is 4.72 Å². The summed E-state index contributed by atoms with van der Waals surface area (Å²) in [6, 6.07) is 21.6. The summed E-state index contributed by atoms with van der Waals surface area (Å²) < 4.78 is 20.3. The Morgan fingerprint density at radius 1 is 1.03 bits per heavy atom. The van der Waals surface area contributed by atoms with Crippen LogP contribution in [0.1, 0.15) is 24.0 Å². The summed E-state index contributed by atoms with van der Waals surface area (Å²) in [7, 11) is 1.67. The van der Waals surface area contributed by atoms with Crippen molar-refractivity contribution in [2.75, 3.05) is 19.0 Å². The summed E-state index contributed by atoms with van der Waals surface area (Å²) in [4.78, 5) is 13.9. The maximum absolute atomic E-state index is 13.2. The number of hydrogen-bond donors (Lipinski definition) is 2. The fourth-order valence-electron chi connectivity index (χ4n) is 4.15. The highest BCUT2D eigenvalue weighted by atomic mass is 32.2. The molecule has 2 aliphatic rings. The molecule has 0 aromatic heterocycles. The molecule has 6 heteroatoms. The standard InChI is InChI=1S/C25H24N2O3S/c1-26-31(29)22-9-6-17(7-10-22)19-3-2-4-21(15-19)27-24(28)25(12-13-25)20-8-5-18-11-14-30-23(18)16-20/h2-10,15-16,26H,11-14H2,1H3,(H,27,28). The molecular formula is C25H24N2O3S. The second kappa shape index (κ2) is 8.04. The Balaban J connectivity index is 1.34. The topological polar surface area (TPSA) is 73.4 Å². The Kier molecular flexibility index (Phi) is 5.22. The zero-order valence-corrected chi connectivity index (χ0v) is 18.1. The van der Waals surface area contributed by atoms with E-state index in [9.17, 15) is 9.35 Å². The van der Waals surface area contributed by atoms with E-state index in [-0.39, 0.29) is 5.91 Å². The van der Waals surface area contributed by atoms with Gasteiger partial charge in [0.1, 0.15) is 5.75 Å². The normalized spacial score (nSPS) is 16.8. The summed E-state index contributed by atoms with van der Waals surface area (Å²) >= 11 is -1.20. The molecule has 31 heavy (non-hydrogen) atoms. The number of ether oxygens (including phenoxy) is 1. The number of carbonyl (C=O) groups is 1. The first-order chi connectivity index (χ1) is 15.1. The highest BCUT2D eigenvalue weighted by Crippen LogP contribution is 2.50. The van der Waals surface area contributed by atoms with Crippen molar-refractivity contribution in [3.8, 4) is 16.9 Å². The zero-order chi connectivity index (χ0) is 21.4. The van der Waals surface area contributed by atoms with Gasteiger partial charge in [-0.3, -0.25) is 4.79 Å². The van der Waals surface area contributed by atoms with Gasteiger partial charge in [0.2, 0.25) is 5.91 Å². The Morgan fingerprint density at radius 3 is 2.58 bits per heavy atom.